The maximum atomic E-state index is 12.0. The number of nitrogens with one attached hydrogen (secondary N) is 2. The maximum absolute atomic E-state index is 12.0. The predicted molar refractivity (Wildman–Crippen MR) is 73.1 cm³/mol. The second-order valence-electron chi connectivity index (χ2n) is 4.31. The number of hydrogen-bond donors (Lipinski definition) is 2. The fraction of sp³-hybridized carbons (Fsp3) is 0.286. The topological polar surface area (TPSA) is 67.2 Å². The van der Waals surface area contributed by atoms with Gasteiger partial charge >= 0.3 is 0 Å². The lowest BCUT2D eigenvalue weighted by Crippen LogP contribution is -2.23. The van der Waals surface area contributed by atoms with Crippen LogP contribution in [0.1, 0.15) is 27.4 Å². The molecule has 2 N–H and O–H groups in total. The Kier molecular flexibility index (Phi) is 3.85. The molecule has 1 aromatic carbocycles. The van der Waals surface area contributed by atoms with Crippen molar-refractivity contribution in [2.45, 2.75) is 20.4 Å². The third-order valence-corrected chi connectivity index (χ3v) is 3.04. The Hall–Kier alpha value is -2.30. The lowest BCUT2D eigenvalue weighted by atomic mass is 10.1. The van der Waals surface area contributed by atoms with Crippen LogP contribution in [0.2, 0.25) is 0 Å². The molecule has 0 bridgehead atoms. The molecule has 0 saturated heterocycles. The van der Waals surface area contributed by atoms with Gasteiger partial charge in [-0.3, -0.25) is 4.79 Å². The number of amides is 1. The van der Waals surface area contributed by atoms with Crippen LogP contribution in [0.4, 0.5) is 5.69 Å². The normalized spacial score (nSPS) is 10.3. The van der Waals surface area contributed by atoms with Crippen LogP contribution in [-0.4, -0.2) is 18.1 Å². The van der Waals surface area contributed by atoms with Crippen molar-refractivity contribution in [1.82, 2.24) is 10.5 Å². The van der Waals surface area contributed by atoms with Crippen LogP contribution in [0, 0.1) is 13.8 Å². The Labute approximate surface area is 112 Å². The molecule has 2 rings (SSSR count). The number of benzene rings is 1. The van der Waals surface area contributed by atoms with E-state index in [4.69, 9.17) is 4.52 Å². The van der Waals surface area contributed by atoms with E-state index >= 15 is 0 Å². The zero-order chi connectivity index (χ0) is 13.8. The molecule has 1 heterocycles. The molecule has 1 aromatic heterocycles. The fourth-order valence-corrected chi connectivity index (χ4v) is 1.81. The number of nitrogens with zero attached hydrogens (tertiary/aromatic N) is 1. The number of carbonyl (C=O) groups is 1. The van der Waals surface area contributed by atoms with Gasteiger partial charge in [0.25, 0.3) is 5.91 Å². The molecule has 0 aliphatic rings. The van der Waals surface area contributed by atoms with Crippen LogP contribution in [0.25, 0.3) is 0 Å². The Morgan fingerprint density at radius 2 is 1.95 bits per heavy atom. The molecule has 1 amide bonds. The molecule has 0 unspecified atom stereocenters. The molecule has 0 aliphatic heterocycles. The Morgan fingerprint density at radius 1 is 1.26 bits per heavy atom. The van der Waals surface area contributed by atoms with Gasteiger partial charge in [-0.05, 0) is 38.1 Å². The Morgan fingerprint density at radius 3 is 2.47 bits per heavy atom. The molecule has 100 valence electrons. The minimum atomic E-state index is -0.109. The Bertz CT molecular complexity index is 553. The summed E-state index contributed by atoms with van der Waals surface area (Å²) in [5.41, 5.74) is 3.34. The zero-order valence-corrected chi connectivity index (χ0v) is 11.3. The molecule has 0 aliphatic carbocycles. The fourth-order valence-electron chi connectivity index (χ4n) is 1.81. The van der Waals surface area contributed by atoms with E-state index in [0.29, 0.717) is 12.1 Å². The van der Waals surface area contributed by atoms with E-state index < -0.39 is 0 Å². The van der Waals surface area contributed by atoms with Crippen molar-refractivity contribution in [3.63, 3.8) is 0 Å². The third-order valence-electron chi connectivity index (χ3n) is 3.04. The summed E-state index contributed by atoms with van der Waals surface area (Å²) in [6.07, 6.45) is 0. The second-order valence-corrected chi connectivity index (χ2v) is 4.31. The summed E-state index contributed by atoms with van der Waals surface area (Å²) in [5, 5.41) is 9.73. The van der Waals surface area contributed by atoms with E-state index in [1.165, 1.54) is 0 Å². The van der Waals surface area contributed by atoms with E-state index in [1.807, 2.05) is 33.0 Å². The van der Waals surface area contributed by atoms with Crippen LogP contribution in [0.15, 0.2) is 28.8 Å². The van der Waals surface area contributed by atoms with Gasteiger partial charge in [-0.25, -0.2) is 0 Å². The lowest BCUT2D eigenvalue weighted by Gasteiger charge is -2.06. The number of anilines is 1. The smallest absolute Gasteiger partial charge is 0.251 e. The first-order chi connectivity index (χ1) is 9.11. The standard InChI is InChI=1S/C14H17N3O2/c1-9-13(10(2)19-17-9)8-16-14(18)11-4-6-12(15-3)7-5-11/h4-7,15H,8H2,1-3H3,(H,16,18). The molecule has 5 nitrogen and oxygen atoms in total. The quantitative estimate of drug-likeness (QED) is 0.883. The van der Waals surface area contributed by atoms with Gasteiger partial charge in [0.2, 0.25) is 0 Å². The summed E-state index contributed by atoms with van der Waals surface area (Å²) < 4.78 is 5.05. The lowest BCUT2D eigenvalue weighted by molar-refractivity contribution is 0.0951. The second kappa shape index (κ2) is 5.56. The molecule has 5 heteroatoms. The SMILES string of the molecule is CNc1ccc(C(=O)NCc2c(C)noc2C)cc1. The van der Waals surface area contributed by atoms with Crippen molar-refractivity contribution in [3.05, 3.63) is 46.8 Å². The highest BCUT2D eigenvalue weighted by Gasteiger charge is 2.11. The summed E-state index contributed by atoms with van der Waals surface area (Å²) in [4.78, 5) is 12.0. The van der Waals surface area contributed by atoms with Crippen molar-refractivity contribution in [2.75, 3.05) is 12.4 Å². The van der Waals surface area contributed by atoms with Crippen molar-refractivity contribution >= 4 is 11.6 Å². The zero-order valence-electron chi connectivity index (χ0n) is 11.3. The third kappa shape index (κ3) is 2.93. The van der Waals surface area contributed by atoms with Crippen LogP contribution >= 0.6 is 0 Å². The number of rotatable bonds is 4. The van der Waals surface area contributed by atoms with E-state index in [0.717, 1.165) is 22.7 Å². The molecule has 0 fully saturated rings. The minimum Gasteiger partial charge on any atom is -0.388 e. The maximum Gasteiger partial charge on any atom is 0.251 e. The number of aromatic nitrogens is 1. The van der Waals surface area contributed by atoms with Gasteiger partial charge in [0.15, 0.2) is 0 Å². The minimum absolute atomic E-state index is 0.109. The largest absolute Gasteiger partial charge is 0.388 e. The van der Waals surface area contributed by atoms with E-state index in [1.54, 1.807) is 12.1 Å². The molecular weight excluding hydrogens is 242 g/mol. The van der Waals surface area contributed by atoms with Crippen molar-refractivity contribution in [3.8, 4) is 0 Å². The number of aryl methyl sites for hydroxylation is 2. The van der Waals surface area contributed by atoms with Gasteiger partial charge in [-0.2, -0.15) is 0 Å². The first-order valence-electron chi connectivity index (χ1n) is 6.09. The molecule has 0 saturated carbocycles. The van der Waals surface area contributed by atoms with E-state index in [-0.39, 0.29) is 5.91 Å². The molecule has 0 atom stereocenters. The van der Waals surface area contributed by atoms with Gasteiger partial charge < -0.3 is 15.2 Å². The monoisotopic (exact) mass is 259 g/mol. The highest BCUT2D eigenvalue weighted by Crippen LogP contribution is 2.12. The number of carbonyl (C=O) groups excluding carboxylic acids is 1. The average Bonchev–Trinajstić information content (AvgIpc) is 2.75. The molecule has 19 heavy (non-hydrogen) atoms. The highest BCUT2D eigenvalue weighted by atomic mass is 16.5. The molecule has 2 aromatic rings. The molecular formula is C14H17N3O2. The summed E-state index contributed by atoms with van der Waals surface area (Å²) >= 11 is 0. The van der Waals surface area contributed by atoms with Crippen LogP contribution < -0.4 is 10.6 Å². The van der Waals surface area contributed by atoms with Gasteiger partial charge in [0.05, 0.1) is 5.69 Å². The Balaban J connectivity index is 2.01. The van der Waals surface area contributed by atoms with Crippen LogP contribution in [0.5, 0.6) is 0 Å². The van der Waals surface area contributed by atoms with Gasteiger partial charge in [0.1, 0.15) is 5.76 Å². The summed E-state index contributed by atoms with van der Waals surface area (Å²) in [7, 11) is 1.84. The van der Waals surface area contributed by atoms with Crippen molar-refractivity contribution in [1.29, 1.82) is 0 Å². The average molecular weight is 259 g/mol. The van der Waals surface area contributed by atoms with E-state index in [9.17, 15) is 4.79 Å². The summed E-state index contributed by atoms with van der Waals surface area (Å²) in [5.74, 6) is 0.631. The highest BCUT2D eigenvalue weighted by molar-refractivity contribution is 5.94. The first kappa shape index (κ1) is 13.1. The first-order valence-corrected chi connectivity index (χ1v) is 6.09. The summed E-state index contributed by atoms with van der Waals surface area (Å²) in [6, 6.07) is 7.30. The van der Waals surface area contributed by atoms with Gasteiger partial charge in [-0.15, -0.1) is 0 Å². The van der Waals surface area contributed by atoms with Gasteiger partial charge in [0, 0.05) is 30.4 Å². The molecule has 0 radical (unpaired) electrons. The van der Waals surface area contributed by atoms with Gasteiger partial charge in [-0.1, -0.05) is 5.16 Å². The summed E-state index contributed by atoms with van der Waals surface area (Å²) in [6.45, 7) is 4.12. The number of hydrogen-bond acceptors (Lipinski definition) is 4. The van der Waals surface area contributed by atoms with Crippen molar-refractivity contribution < 1.29 is 9.32 Å². The van der Waals surface area contributed by atoms with E-state index in [2.05, 4.69) is 15.8 Å². The molecule has 0 spiro atoms. The van der Waals surface area contributed by atoms with Crippen LogP contribution in [0.3, 0.4) is 0 Å². The van der Waals surface area contributed by atoms with Crippen molar-refractivity contribution in [2.24, 2.45) is 0 Å². The predicted octanol–water partition coefficient (Wildman–Crippen LogP) is 2.26. The van der Waals surface area contributed by atoms with Crippen LogP contribution in [-0.2, 0) is 6.54 Å².